The van der Waals surface area contributed by atoms with Gasteiger partial charge in [-0.25, -0.2) is 0 Å². The molecule has 0 bridgehead atoms. The number of nitrogens with zero attached hydrogens (tertiary/aromatic N) is 1. The first-order chi connectivity index (χ1) is 17.1. The van der Waals surface area contributed by atoms with Gasteiger partial charge < -0.3 is 10.2 Å². The van der Waals surface area contributed by atoms with E-state index in [1.54, 1.807) is 16.7 Å². The minimum Gasteiger partial charge on any atom is -0.350 e. The molecule has 0 aliphatic carbocycles. The number of halogens is 1. The maximum atomic E-state index is 13.7. The van der Waals surface area contributed by atoms with Gasteiger partial charge in [0.2, 0.25) is 11.8 Å². The SMILES string of the molecule is Cc1ccc(CN(C(=O)CSCc2ccc(Cl)cc2)C(Cc2ccccc2)C(=O)NC(C)(C)C)cc1. The van der Waals surface area contributed by atoms with Crippen molar-refractivity contribution >= 4 is 35.2 Å². The predicted octanol–water partition coefficient (Wildman–Crippen LogP) is 6.44. The smallest absolute Gasteiger partial charge is 0.243 e. The molecule has 3 aromatic carbocycles. The third-order valence-electron chi connectivity index (χ3n) is 5.65. The molecule has 1 unspecified atom stereocenters. The summed E-state index contributed by atoms with van der Waals surface area (Å²) in [7, 11) is 0. The van der Waals surface area contributed by atoms with Gasteiger partial charge in [-0.1, -0.05) is 83.9 Å². The maximum Gasteiger partial charge on any atom is 0.243 e. The number of rotatable bonds is 10. The molecule has 190 valence electrons. The van der Waals surface area contributed by atoms with E-state index in [2.05, 4.69) is 5.32 Å². The van der Waals surface area contributed by atoms with E-state index in [0.717, 1.165) is 22.3 Å². The number of thioether (sulfide) groups is 1. The van der Waals surface area contributed by atoms with Crippen LogP contribution in [0.15, 0.2) is 78.9 Å². The molecule has 3 rings (SSSR count). The summed E-state index contributed by atoms with van der Waals surface area (Å²) in [5.41, 5.74) is 3.86. The number of carbonyl (C=O) groups excluding carboxylic acids is 2. The van der Waals surface area contributed by atoms with Gasteiger partial charge in [-0.15, -0.1) is 11.8 Å². The molecular weight excluding hydrogens is 488 g/mol. The highest BCUT2D eigenvalue weighted by atomic mass is 35.5. The van der Waals surface area contributed by atoms with Crippen LogP contribution in [0.1, 0.15) is 43.0 Å². The Morgan fingerprint density at radius 3 is 2.11 bits per heavy atom. The molecule has 0 saturated carbocycles. The summed E-state index contributed by atoms with van der Waals surface area (Å²) in [6, 6.07) is 25.0. The minimum absolute atomic E-state index is 0.0560. The Morgan fingerprint density at radius 1 is 0.889 bits per heavy atom. The summed E-state index contributed by atoms with van der Waals surface area (Å²) >= 11 is 7.54. The van der Waals surface area contributed by atoms with E-state index in [0.29, 0.717) is 23.7 Å². The molecule has 0 radical (unpaired) electrons. The monoisotopic (exact) mass is 522 g/mol. The van der Waals surface area contributed by atoms with Crippen molar-refractivity contribution < 1.29 is 9.59 Å². The quantitative estimate of drug-likeness (QED) is 0.333. The third-order valence-corrected chi connectivity index (χ3v) is 6.89. The molecule has 2 amide bonds. The first kappa shape index (κ1) is 27.8. The van der Waals surface area contributed by atoms with Crippen LogP contribution in [0, 0.1) is 6.92 Å². The summed E-state index contributed by atoms with van der Waals surface area (Å²) in [5, 5.41) is 3.80. The van der Waals surface area contributed by atoms with Gasteiger partial charge in [0.15, 0.2) is 0 Å². The van der Waals surface area contributed by atoms with Gasteiger partial charge in [-0.2, -0.15) is 0 Å². The van der Waals surface area contributed by atoms with E-state index in [1.807, 2.05) is 107 Å². The number of hydrogen-bond donors (Lipinski definition) is 1. The summed E-state index contributed by atoms with van der Waals surface area (Å²) in [4.78, 5) is 29.0. The van der Waals surface area contributed by atoms with Crippen molar-refractivity contribution in [3.8, 4) is 0 Å². The van der Waals surface area contributed by atoms with Crippen LogP contribution in [0.5, 0.6) is 0 Å². The van der Waals surface area contributed by atoms with Crippen molar-refractivity contribution in [1.82, 2.24) is 10.2 Å². The number of hydrogen-bond acceptors (Lipinski definition) is 3. The standard InChI is InChI=1S/C30H35ClN2O2S/c1-22-10-12-24(13-11-22)19-33(28(34)21-36-20-25-14-16-26(31)17-15-25)27(29(35)32-30(2,3)4)18-23-8-6-5-7-9-23/h5-17,27H,18-21H2,1-4H3,(H,32,35). The highest BCUT2D eigenvalue weighted by Gasteiger charge is 2.32. The van der Waals surface area contributed by atoms with E-state index in [9.17, 15) is 9.59 Å². The van der Waals surface area contributed by atoms with Gasteiger partial charge in [0.1, 0.15) is 6.04 Å². The highest BCUT2D eigenvalue weighted by molar-refractivity contribution is 7.99. The lowest BCUT2D eigenvalue weighted by Gasteiger charge is -2.34. The van der Waals surface area contributed by atoms with Crippen molar-refractivity contribution in [2.24, 2.45) is 0 Å². The number of carbonyl (C=O) groups is 2. The molecule has 4 nitrogen and oxygen atoms in total. The largest absolute Gasteiger partial charge is 0.350 e. The van der Waals surface area contributed by atoms with Crippen LogP contribution >= 0.6 is 23.4 Å². The lowest BCUT2D eigenvalue weighted by molar-refractivity contribution is -0.140. The lowest BCUT2D eigenvalue weighted by atomic mass is 10.0. The molecule has 0 aliphatic rings. The van der Waals surface area contributed by atoms with Crippen molar-refractivity contribution in [3.05, 3.63) is 106 Å². The second-order valence-corrected chi connectivity index (χ2v) is 11.5. The Balaban J connectivity index is 1.85. The molecule has 0 heterocycles. The van der Waals surface area contributed by atoms with Crippen molar-refractivity contribution in [3.63, 3.8) is 0 Å². The first-order valence-corrected chi connectivity index (χ1v) is 13.7. The van der Waals surface area contributed by atoms with E-state index < -0.39 is 11.6 Å². The zero-order valence-corrected chi connectivity index (χ0v) is 23.0. The zero-order valence-electron chi connectivity index (χ0n) is 21.5. The average Bonchev–Trinajstić information content (AvgIpc) is 2.83. The van der Waals surface area contributed by atoms with Crippen LogP contribution in [0.4, 0.5) is 0 Å². The Labute approximate surface area is 224 Å². The second kappa shape index (κ2) is 13.0. The Kier molecular flexibility index (Phi) is 10.0. The fraction of sp³-hybridized carbons (Fsp3) is 0.333. The summed E-state index contributed by atoms with van der Waals surface area (Å²) in [6.07, 6.45) is 0.447. The van der Waals surface area contributed by atoms with Crippen LogP contribution < -0.4 is 5.32 Å². The van der Waals surface area contributed by atoms with Crippen LogP contribution in [0.25, 0.3) is 0 Å². The molecular formula is C30H35ClN2O2S. The van der Waals surface area contributed by atoms with Crippen LogP contribution in [-0.4, -0.2) is 34.0 Å². The summed E-state index contributed by atoms with van der Waals surface area (Å²) in [6.45, 7) is 8.28. The molecule has 0 aliphatic heterocycles. The molecule has 0 saturated heterocycles. The van der Waals surface area contributed by atoms with Gasteiger partial charge in [0.25, 0.3) is 0 Å². The van der Waals surface area contributed by atoms with Crippen molar-refractivity contribution in [2.45, 2.75) is 58.0 Å². The van der Waals surface area contributed by atoms with Gasteiger partial charge >= 0.3 is 0 Å². The Morgan fingerprint density at radius 2 is 1.50 bits per heavy atom. The number of nitrogens with one attached hydrogen (secondary N) is 1. The Bertz CT molecular complexity index is 1130. The normalized spacial score (nSPS) is 12.1. The predicted molar refractivity (Wildman–Crippen MR) is 151 cm³/mol. The average molecular weight is 523 g/mol. The molecule has 1 N–H and O–H groups in total. The number of aryl methyl sites for hydroxylation is 1. The molecule has 0 spiro atoms. The van der Waals surface area contributed by atoms with Crippen LogP contribution in [-0.2, 0) is 28.3 Å². The van der Waals surface area contributed by atoms with E-state index >= 15 is 0 Å². The van der Waals surface area contributed by atoms with E-state index in [-0.39, 0.29) is 17.6 Å². The summed E-state index contributed by atoms with van der Waals surface area (Å²) < 4.78 is 0. The molecule has 0 fully saturated rings. The van der Waals surface area contributed by atoms with E-state index in [1.165, 1.54) is 0 Å². The summed E-state index contributed by atoms with van der Waals surface area (Å²) in [5.74, 6) is 0.774. The lowest BCUT2D eigenvalue weighted by Crippen LogP contribution is -2.54. The highest BCUT2D eigenvalue weighted by Crippen LogP contribution is 2.20. The van der Waals surface area contributed by atoms with Crippen molar-refractivity contribution in [1.29, 1.82) is 0 Å². The molecule has 36 heavy (non-hydrogen) atoms. The third kappa shape index (κ3) is 9.03. The minimum atomic E-state index is -0.628. The number of amides is 2. The van der Waals surface area contributed by atoms with Crippen LogP contribution in [0.2, 0.25) is 5.02 Å². The van der Waals surface area contributed by atoms with Gasteiger partial charge in [-0.05, 0) is 56.5 Å². The molecule has 0 aromatic heterocycles. The van der Waals surface area contributed by atoms with E-state index in [4.69, 9.17) is 11.6 Å². The molecule has 3 aromatic rings. The van der Waals surface area contributed by atoms with Crippen LogP contribution in [0.3, 0.4) is 0 Å². The molecule has 1 atom stereocenters. The Hall–Kier alpha value is -2.76. The fourth-order valence-electron chi connectivity index (χ4n) is 3.82. The topological polar surface area (TPSA) is 49.4 Å². The zero-order chi connectivity index (χ0) is 26.1. The molecule has 6 heteroatoms. The van der Waals surface area contributed by atoms with Gasteiger partial charge in [0.05, 0.1) is 5.75 Å². The van der Waals surface area contributed by atoms with Gasteiger partial charge in [0, 0.05) is 29.3 Å². The maximum absolute atomic E-state index is 13.7. The second-order valence-electron chi connectivity index (χ2n) is 10.1. The van der Waals surface area contributed by atoms with Gasteiger partial charge in [-0.3, -0.25) is 9.59 Å². The first-order valence-electron chi connectivity index (χ1n) is 12.1. The number of benzene rings is 3. The fourth-order valence-corrected chi connectivity index (χ4v) is 4.81. The van der Waals surface area contributed by atoms with Crippen molar-refractivity contribution in [2.75, 3.05) is 5.75 Å².